The third-order valence-electron chi connectivity index (χ3n) is 3.88. The number of aromatic nitrogens is 3. The van der Waals surface area contributed by atoms with Crippen LogP contribution in [0.3, 0.4) is 0 Å². The fourth-order valence-corrected chi connectivity index (χ4v) is 3.29. The van der Waals surface area contributed by atoms with Crippen molar-refractivity contribution < 1.29 is 9.47 Å². The van der Waals surface area contributed by atoms with Crippen LogP contribution in [0, 0.1) is 0 Å². The van der Waals surface area contributed by atoms with Gasteiger partial charge in [0.05, 0.1) is 19.9 Å². The van der Waals surface area contributed by atoms with Crippen LogP contribution in [-0.2, 0) is 0 Å². The molecule has 7 heteroatoms. The van der Waals surface area contributed by atoms with Gasteiger partial charge in [0.2, 0.25) is 5.16 Å². The first-order valence-corrected chi connectivity index (χ1v) is 8.54. The molecular weight excluding hydrogens is 336 g/mol. The Kier molecular flexibility index (Phi) is 4.07. The third kappa shape index (κ3) is 2.94. The molecule has 4 rings (SSSR count). The molecule has 0 radical (unpaired) electrons. The van der Waals surface area contributed by atoms with Crippen LogP contribution in [0.2, 0.25) is 0 Å². The van der Waals surface area contributed by atoms with Crippen molar-refractivity contribution in [3.05, 3.63) is 59.5 Å². The first-order chi connectivity index (χ1) is 12.3. The number of thioether (sulfide) groups is 1. The lowest BCUT2D eigenvalue weighted by Crippen LogP contribution is -2.18. The van der Waals surface area contributed by atoms with Crippen molar-refractivity contribution in [3.8, 4) is 22.9 Å². The number of hydrogen-bond acceptors (Lipinski definition) is 6. The largest absolute Gasteiger partial charge is 0.497 e. The summed E-state index contributed by atoms with van der Waals surface area (Å²) in [5.74, 6) is 2.37. The summed E-state index contributed by atoms with van der Waals surface area (Å²) in [5, 5.41) is 11.4. The topological polar surface area (TPSA) is 61.2 Å². The standard InChI is InChI=1S/C18H16N4O2S/c1-23-14-8-6-12(7-9-14)17-19-20-18-22(17)21-16(11-25-18)13-4-3-5-15(10-13)24-2/h3-11,21H,1-2H3. The highest BCUT2D eigenvalue weighted by atomic mass is 32.2. The minimum absolute atomic E-state index is 0.749. The normalized spacial score (nSPS) is 12.8. The number of benzene rings is 2. The Morgan fingerprint density at radius 1 is 0.920 bits per heavy atom. The fourth-order valence-electron chi connectivity index (χ4n) is 2.56. The lowest BCUT2D eigenvalue weighted by atomic mass is 10.1. The number of nitrogens with one attached hydrogen (secondary N) is 1. The van der Waals surface area contributed by atoms with E-state index in [-0.39, 0.29) is 0 Å². The van der Waals surface area contributed by atoms with Crippen LogP contribution in [0.1, 0.15) is 5.56 Å². The smallest absolute Gasteiger partial charge is 0.214 e. The SMILES string of the molecule is COc1ccc(-c2nnc3n2NC(c2cccc(OC)c2)=CS3)cc1. The van der Waals surface area contributed by atoms with E-state index in [2.05, 4.69) is 15.6 Å². The molecule has 0 bridgehead atoms. The summed E-state index contributed by atoms with van der Waals surface area (Å²) in [6.45, 7) is 0. The molecular formula is C18H16N4O2S. The Morgan fingerprint density at radius 3 is 2.48 bits per heavy atom. The number of ether oxygens (including phenoxy) is 2. The molecule has 0 saturated heterocycles. The van der Waals surface area contributed by atoms with E-state index in [0.29, 0.717) is 0 Å². The van der Waals surface area contributed by atoms with E-state index < -0.39 is 0 Å². The second-order valence-corrected chi connectivity index (χ2v) is 6.20. The summed E-state index contributed by atoms with van der Waals surface area (Å²) in [7, 11) is 3.31. The van der Waals surface area contributed by atoms with Gasteiger partial charge in [0, 0.05) is 16.5 Å². The fraction of sp³-hybridized carbons (Fsp3) is 0.111. The predicted molar refractivity (Wildman–Crippen MR) is 98.2 cm³/mol. The van der Waals surface area contributed by atoms with Gasteiger partial charge in [-0.3, -0.25) is 5.43 Å². The molecule has 2 heterocycles. The van der Waals surface area contributed by atoms with Crippen molar-refractivity contribution in [2.75, 3.05) is 19.6 Å². The van der Waals surface area contributed by atoms with Crippen LogP contribution in [0.25, 0.3) is 17.1 Å². The highest BCUT2D eigenvalue weighted by Gasteiger charge is 2.19. The maximum absolute atomic E-state index is 5.31. The molecule has 126 valence electrons. The van der Waals surface area contributed by atoms with Crippen molar-refractivity contribution in [2.24, 2.45) is 0 Å². The molecule has 1 aromatic heterocycles. The Morgan fingerprint density at radius 2 is 1.72 bits per heavy atom. The molecule has 1 aliphatic rings. The maximum atomic E-state index is 5.31. The summed E-state index contributed by atoms with van der Waals surface area (Å²) in [6.07, 6.45) is 0. The Bertz CT molecular complexity index is 935. The van der Waals surface area contributed by atoms with E-state index >= 15 is 0 Å². The molecule has 0 saturated carbocycles. The molecule has 3 aromatic rings. The average Bonchev–Trinajstić information content (AvgIpc) is 3.11. The molecule has 1 N–H and O–H groups in total. The van der Waals surface area contributed by atoms with E-state index in [0.717, 1.165) is 39.3 Å². The molecule has 6 nitrogen and oxygen atoms in total. The van der Waals surface area contributed by atoms with Gasteiger partial charge < -0.3 is 9.47 Å². The molecule has 0 amide bonds. The Balaban J connectivity index is 1.66. The van der Waals surface area contributed by atoms with Crippen molar-refractivity contribution in [1.82, 2.24) is 14.9 Å². The first-order valence-electron chi connectivity index (χ1n) is 7.66. The molecule has 25 heavy (non-hydrogen) atoms. The van der Waals surface area contributed by atoms with Crippen LogP contribution in [-0.4, -0.2) is 29.1 Å². The quantitative estimate of drug-likeness (QED) is 0.774. The molecule has 0 atom stereocenters. The van der Waals surface area contributed by atoms with Crippen molar-refractivity contribution in [3.63, 3.8) is 0 Å². The van der Waals surface area contributed by atoms with Crippen molar-refractivity contribution in [2.45, 2.75) is 5.16 Å². The van der Waals surface area contributed by atoms with Crippen LogP contribution in [0.5, 0.6) is 11.5 Å². The zero-order valence-corrected chi connectivity index (χ0v) is 14.6. The van der Waals surface area contributed by atoms with Gasteiger partial charge in [0.15, 0.2) is 5.82 Å². The highest BCUT2D eigenvalue weighted by molar-refractivity contribution is 8.02. The van der Waals surface area contributed by atoms with Crippen LogP contribution in [0.4, 0.5) is 0 Å². The molecule has 0 aliphatic carbocycles. The number of rotatable bonds is 4. The zero-order chi connectivity index (χ0) is 17.2. The van der Waals surface area contributed by atoms with Crippen LogP contribution < -0.4 is 14.9 Å². The third-order valence-corrected chi connectivity index (χ3v) is 4.71. The van der Waals surface area contributed by atoms with Gasteiger partial charge in [-0.15, -0.1) is 10.2 Å². The zero-order valence-electron chi connectivity index (χ0n) is 13.8. The van der Waals surface area contributed by atoms with Gasteiger partial charge >= 0.3 is 0 Å². The van der Waals surface area contributed by atoms with Gasteiger partial charge in [-0.2, -0.15) is 0 Å². The molecule has 0 spiro atoms. The average molecular weight is 352 g/mol. The minimum Gasteiger partial charge on any atom is -0.497 e. The second kappa shape index (κ2) is 6.52. The summed E-state index contributed by atoms with van der Waals surface area (Å²) >= 11 is 1.53. The van der Waals surface area contributed by atoms with E-state index in [1.54, 1.807) is 14.2 Å². The summed E-state index contributed by atoms with van der Waals surface area (Å²) in [4.78, 5) is 0. The van der Waals surface area contributed by atoms with E-state index in [4.69, 9.17) is 9.47 Å². The molecule has 0 unspecified atom stereocenters. The Labute approximate surface area is 149 Å². The second-order valence-electron chi connectivity index (χ2n) is 5.36. The Hall–Kier alpha value is -2.93. The van der Waals surface area contributed by atoms with Crippen LogP contribution in [0.15, 0.2) is 59.1 Å². The minimum atomic E-state index is 0.749. The maximum Gasteiger partial charge on any atom is 0.214 e. The monoisotopic (exact) mass is 352 g/mol. The molecule has 0 fully saturated rings. The summed E-state index contributed by atoms with van der Waals surface area (Å²) in [6, 6.07) is 15.7. The number of nitrogens with zero attached hydrogens (tertiary/aromatic N) is 3. The van der Waals surface area contributed by atoms with Gasteiger partial charge in [-0.05, 0) is 36.4 Å². The number of methoxy groups -OCH3 is 2. The number of fused-ring (bicyclic) bond motifs is 1. The first kappa shape index (κ1) is 15.6. The van der Waals surface area contributed by atoms with E-state index in [1.807, 2.05) is 58.6 Å². The van der Waals surface area contributed by atoms with Crippen LogP contribution >= 0.6 is 11.8 Å². The molecule has 2 aromatic carbocycles. The summed E-state index contributed by atoms with van der Waals surface area (Å²) < 4.78 is 12.4. The molecule has 1 aliphatic heterocycles. The van der Waals surface area contributed by atoms with Gasteiger partial charge in [-0.25, -0.2) is 4.68 Å². The van der Waals surface area contributed by atoms with Crippen molar-refractivity contribution in [1.29, 1.82) is 0 Å². The van der Waals surface area contributed by atoms with Crippen molar-refractivity contribution >= 4 is 17.5 Å². The van der Waals surface area contributed by atoms with E-state index in [1.165, 1.54) is 11.8 Å². The lowest BCUT2D eigenvalue weighted by Gasteiger charge is -2.19. The highest BCUT2D eigenvalue weighted by Crippen LogP contribution is 2.32. The van der Waals surface area contributed by atoms with Gasteiger partial charge in [0.1, 0.15) is 11.5 Å². The lowest BCUT2D eigenvalue weighted by molar-refractivity contribution is 0.414. The van der Waals surface area contributed by atoms with Gasteiger partial charge in [-0.1, -0.05) is 23.9 Å². The number of hydrogen-bond donors (Lipinski definition) is 1. The predicted octanol–water partition coefficient (Wildman–Crippen LogP) is 3.61. The van der Waals surface area contributed by atoms with E-state index in [9.17, 15) is 0 Å². The van der Waals surface area contributed by atoms with Gasteiger partial charge in [0.25, 0.3) is 0 Å². The summed E-state index contributed by atoms with van der Waals surface area (Å²) in [5.41, 5.74) is 6.34.